The van der Waals surface area contributed by atoms with E-state index in [1.54, 1.807) is 25.0 Å². The number of rotatable bonds is 2. The molecule has 0 fully saturated rings. The van der Waals surface area contributed by atoms with E-state index in [0.29, 0.717) is 0 Å². The van der Waals surface area contributed by atoms with Crippen LogP contribution < -0.4 is 0 Å². The summed E-state index contributed by atoms with van der Waals surface area (Å²) in [5.41, 5.74) is -0.0602. The van der Waals surface area contributed by atoms with Gasteiger partial charge in [-0.05, 0) is 0 Å². The maximum atomic E-state index is 4.39. The molecule has 0 unspecified atom stereocenters. The van der Waals surface area contributed by atoms with Crippen molar-refractivity contribution in [2.24, 2.45) is 0 Å². The molecule has 2 rings (SSSR count). The fourth-order valence-electron chi connectivity index (χ4n) is 0.966. The van der Waals surface area contributed by atoms with Crippen molar-refractivity contribution in [3.05, 3.63) is 37.4 Å². The highest BCUT2D eigenvalue weighted by atomic mass is 32.1. The van der Waals surface area contributed by atoms with Crippen molar-refractivity contribution in [2.75, 3.05) is 0 Å². The SMILES string of the molecule is SC(n1ccnc1)n1ccnc1. The van der Waals surface area contributed by atoms with Gasteiger partial charge in [-0.15, -0.1) is 12.6 Å². The van der Waals surface area contributed by atoms with Crippen molar-refractivity contribution in [2.45, 2.75) is 5.50 Å². The van der Waals surface area contributed by atoms with Gasteiger partial charge in [0.05, 0.1) is 12.7 Å². The molecule has 0 saturated heterocycles. The van der Waals surface area contributed by atoms with Crippen LogP contribution in [0.15, 0.2) is 37.4 Å². The Labute approximate surface area is 75.3 Å². The topological polar surface area (TPSA) is 35.6 Å². The second-order valence-electron chi connectivity index (χ2n) is 2.37. The third kappa shape index (κ3) is 1.23. The average Bonchev–Trinajstić information content (AvgIpc) is 2.77. The van der Waals surface area contributed by atoms with Gasteiger partial charge < -0.3 is 9.13 Å². The largest absolute Gasteiger partial charge is 0.307 e. The fraction of sp³-hybridized carbons (Fsp3) is 0.143. The van der Waals surface area contributed by atoms with Gasteiger partial charge in [-0.3, -0.25) is 0 Å². The minimum Gasteiger partial charge on any atom is -0.307 e. The van der Waals surface area contributed by atoms with E-state index in [1.807, 2.05) is 21.5 Å². The van der Waals surface area contributed by atoms with E-state index < -0.39 is 0 Å². The number of nitrogens with zero attached hydrogens (tertiary/aromatic N) is 4. The predicted molar refractivity (Wildman–Crippen MR) is 47.9 cm³/mol. The lowest BCUT2D eigenvalue weighted by atomic mass is 10.8. The maximum absolute atomic E-state index is 4.39. The van der Waals surface area contributed by atoms with Crippen LogP contribution in [0.3, 0.4) is 0 Å². The van der Waals surface area contributed by atoms with E-state index in [4.69, 9.17) is 0 Å². The molecule has 0 radical (unpaired) electrons. The third-order valence-electron chi connectivity index (χ3n) is 1.58. The summed E-state index contributed by atoms with van der Waals surface area (Å²) in [6.45, 7) is 0. The summed E-state index contributed by atoms with van der Waals surface area (Å²) in [7, 11) is 0. The number of hydrogen-bond donors (Lipinski definition) is 1. The molecule has 2 aromatic rings. The normalized spacial score (nSPS) is 10.8. The molecule has 0 spiro atoms. The molecule has 0 amide bonds. The predicted octanol–water partition coefficient (Wildman–Crippen LogP) is 1.01. The fourth-order valence-corrected chi connectivity index (χ4v) is 1.24. The molecule has 0 saturated carbocycles. The molecular formula is C7H8N4S. The maximum Gasteiger partial charge on any atom is 0.157 e. The summed E-state index contributed by atoms with van der Waals surface area (Å²) >= 11 is 4.39. The Morgan fingerprint density at radius 1 is 1.00 bits per heavy atom. The van der Waals surface area contributed by atoms with Gasteiger partial charge in [-0.1, -0.05) is 0 Å². The second kappa shape index (κ2) is 3.02. The first-order chi connectivity index (χ1) is 5.88. The van der Waals surface area contributed by atoms with Crippen LogP contribution >= 0.6 is 12.6 Å². The monoisotopic (exact) mass is 180 g/mol. The molecule has 0 aliphatic heterocycles. The first-order valence-electron chi connectivity index (χ1n) is 3.51. The minimum absolute atomic E-state index is 0.0602. The lowest BCUT2D eigenvalue weighted by Crippen LogP contribution is -2.08. The molecule has 4 nitrogen and oxygen atoms in total. The zero-order chi connectivity index (χ0) is 8.39. The zero-order valence-electron chi connectivity index (χ0n) is 6.28. The summed E-state index contributed by atoms with van der Waals surface area (Å²) in [5, 5.41) is 0. The van der Waals surface area contributed by atoms with Gasteiger partial charge in [0.1, 0.15) is 0 Å². The molecule has 2 aromatic heterocycles. The van der Waals surface area contributed by atoms with Crippen molar-refractivity contribution >= 4 is 12.6 Å². The molecule has 0 aliphatic rings. The van der Waals surface area contributed by atoms with Gasteiger partial charge in [0.25, 0.3) is 0 Å². The summed E-state index contributed by atoms with van der Waals surface area (Å²) in [4.78, 5) is 7.87. The minimum atomic E-state index is -0.0602. The Hall–Kier alpha value is -1.23. The van der Waals surface area contributed by atoms with Crippen LogP contribution in [0.4, 0.5) is 0 Å². The Balaban J connectivity index is 2.27. The molecule has 0 N–H and O–H groups in total. The van der Waals surface area contributed by atoms with Gasteiger partial charge >= 0.3 is 0 Å². The number of hydrogen-bond acceptors (Lipinski definition) is 3. The zero-order valence-corrected chi connectivity index (χ0v) is 7.17. The Bertz CT molecular complexity index is 292. The van der Waals surface area contributed by atoms with Crippen LogP contribution in [-0.4, -0.2) is 19.1 Å². The van der Waals surface area contributed by atoms with Crippen molar-refractivity contribution in [1.29, 1.82) is 0 Å². The molecule has 0 aliphatic carbocycles. The standard InChI is InChI=1S/C7H8N4S/c12-7(10-3-1-8-5-10)11-4-2-9-6-11/h1-7,12H. The van der Waals surface area contributed by atoms with Crippen LogP contribution in [0.25, 0.3) is 0 Å². The lowest BCUT2D eigenvalue weighted by Gasteiger charge is -2.12. The lowest BCUT2D eigenvalue weighted by molar-refractivity contribution is 0.591. The molecule has 62 valence electrons. The molecule has 0 bridgehead atoms. The second-order valence-corrected chi connectivity index (χ2v) is 2.83. The van der Waals surface area contributed by atoms with Crippen LogP contribution in [0.1, 0.15) is 5.50 Å². The van der Waals surface area contributed by atoms with Gasteiger partial charge in [0.2, 0.25) is 0 Å². The molecule has 0 atom stereocenters. The van der Waals surface area contributed by atoms with E-state index in [-0.39, 0.29) is 5.50 Å². The van der Waals surface area contributed by atoms with E-state index in [1.165, 1.54) is 0 Å². The van der Waals surface area contributed by atoms with Crippen LogP contribution in [0, 0.1) is 0 Å². The summed E-state index contributed by atoms with van der Waals surface area (Å²) < 4.78 is 3.76. The van der Waals surface area contributed by atoms with Crippen LogP contribution in [0.5, 0.6) is 0 Å². The molecule has 2 heterocycles. The molecule has 0 aromatic carbocycles. The summed E-state index contributed by atoms with van der Waals surface area (Å²) in [6.07, 6.45) is 10.6. The van der Waals surface area contributed by atoms with Crippen molar-refractivity contribution in [3.63, 3.8) is 0 Å². The van der Waals surface area contributed by atoms with Gasteiger partial charge in [0, 0.05) is 24.8 Å². The van der Waals surface area contributed by atoms with Gasteiger partial charge in [-0.25, -0.2) is 9.97 Å². The Morgan fingerprint density at radius 2 is 1.50 bits per heavy atom. The third-order valence-corrected chi connectivity index (χ3v) is 2.12. The first kappa shape index (κ1) is 7.42. The quantitative estimate of drug-likeness (QED) is 0.700. The Kier molecular flexibility index (Phi) is 1.87. The highest BCUT2D eigenvalue weighted by molar-refractivity contribution is 7.80. The highest BCUT2D eigenvalue weighted by Gasteiger charge is 2.03. The van der Waals surface area contributed by atoms with Crippen molar-refractivity contribution in [1.82, 2.24) is 19.1 Å². The van der Waals surface area contributed by atoms with Crippen LogP contribution in [0.2, 0.25) is 0 Å². The Morgan fingerprint density at radius 3 is 1.83 bits per heavy atom. The molecule has 12 heavy (non-hydrogen) atoms. The number of imidazole rings is 2. The van der Waals surface area contributed by atoms with E-state index >= 15 is 0 Å². The molecular weight excluding hydrogens is 172 g/mol. The van der Waals surface area contributed by atoms with E-state index in [9.17, 15) is 0 Å². The van der Waals surface area contributed by atoms with Gasteiger partial charge in [0.15, 0.2) is 5.50 Å². The van der Waals surface area contributed by atoms with E-state index in [2.05, 4.69) is 22.6 Å². The van der Waals surface area contributed by atoms with Crippen LogP contribution in [-0.2, 0) is 0 Å². The summed E-state index contributed by atoms with van der Waals surface area (Å²) in [5.74, 6) is 0. The highest BCUT2D eigenvalue weighted by Crippen LogP contribution is 2.12. The van der Waals surface area contributed by atoms with Crippen molar-refractivity contribution < 1.29 is 0 Å². The summed E-state index contributed by atoms with van der Waals surface area (Å²) in [6, 6.07) is 0. The smallest absolute Gasteiger partial charge is 0.157 e. The molecule has 5 heteroatoms. The average molecular weight is 180 g/mol. The first-order valence-corrected chi connectivity index (χ1v) is 4.02. The van der Waals surface area contributed by atoms with Gasteiger partial charge in [-0.2, -0.15) is 0 Å². The number of thiol groups is 1. The number of aromatic nitrogens is 4. The van der Waals surface area contributed by atoms with E-state index in [0.717, 1.165) is 0 Å². The van der Waals surface area contributed by atoms with Crippen molar-refractivity contribution in [3.8, 4) is 0 Å².